The van der Waals surface area contributed by atoms with E-state index in [1.54, 1.807) is 35.2 Å². The van der Waals surface area contributed by atoms with Crippen LogP contribution in [-0.4, -0.2) is 46.5 Å². The number of nitrogens with zero attached hydrogens (tertiary/aromatic N) is 3. The van der Waals surface area contributed by atoms with Crippen LogP contribution in [0.25, 0.3) is 11.5 Å². The number of Topliss-reactive ketones (excluding diaryl/α,β-unsaturated/α-hetero) is 1. The van der Waals surface area contributed by atoms with Crippen LogP contribution in [0.5, 0.6) is 11.5 Å². The zero-order valence-electron chi connectivity index (χ0n) is 19.7. The number of ether oxygens (including phenoxy) is 2. The monoisotopic (exact) mass is 485 g/mol. The number of aromatic nitrogens is 2. The first kappa shape index (κ1) is 25.2. The largest absolute Gasteiger partial charge is 0.493 e. The Morgan fingerprint density at radius 1 is 1.12 bits per heavy atom. The van der Waals surface area contributed by atoms with Crippen LogP contribution < -0.4 is 9.47 Å². The molecule has 1 amide bonds. The van der Waals surface area contributed by atoms with Crippen molar-refractivity contribution in [3.05, 3.63) is 58.9 Å². The number of carbonyl (C=O) groups is 2. The highest BCUT2D eigenvalue weighted by molar-refractivity contribution is 6.33. The summed E-state index contributed by atoms with van der Waals surface area (Å²) < 4.78 is 16.8. The molecule has 9 heteroatoms. The number of halogens is 1. The fourth-order valence-corrected chi connectivity index (χ4v) is 3.54. The molecule has 1 heterocycles. The van der Waals surface area contributed by atoms with Crippen LogP contribution in [0.4, 0.5) is 0 Å². The van der Waals surface area contributed by atoms with E-state index < -0.39 is 0 Å². The van der Waals surface area contributed by atoms with Crippen molar-refractivity contribution in [3.63, 3.8) is 0 Å². The summed E-state index contributed by atoms with van der Waals surface area (Å²) in [5, 5.41) is 8.67. The first-order chi connectivity index (χ1) is 16.3. The number of benzene rings is 2. The van der Waals surface area contributed by atoms with Gasteiger partial charge in [0.05, 0.1) is 30.8 Å². The van der Waals surface area contributed by atoms with Crippen molar-refractivity contribution in [2.75, 3.05) is 13.7 Å². The maximum atomic E-state index is 12.9. The Morgan fingerprint density at radius 2 is 1.88 bits per heavy atom. The molecule has 2 aromatic carbocycles. The zero-order chi connectivity index (χ0) is 24.7. The lowest BCUT2D eigenvalue weighted by Gasteiger charge is -2.25. The van der Waals surface area contributed by atoms with Gasteiger partial charge in [-0.25, -0.2) is 0 Å². The highest BCUT2D eigenvalue weighted by Gasteiger charge is 2.21. The SMILES string of the molecule is COc1cc(C(C)=O)ccc1OCCCC(=O)N(Cc1nnc(-c2ccccc2Cl)o1)C(C)C. The molecule has 0 radical (unpaired) electrons. The summed E-state index contributed by atoms with van der Waals surface area (Å²) in [7, 11) is 1.52. The highest BCUT2D eigenvalue weighted by atomic mass is 35.5. The minimum absolute atomic E-state index is 0.0463. The van der Waals surface area contributed by atoms with Crippen molar-refractivity contribution in [1.29, 1.82) is 0 Å². The van der Waals surface area contributed by atoms with E-state index in [0.29, 0.717) is 52.5 Å². The molecule has 0 saturated heterocycles. The summed E-state index contributed by atoms with van der Waals surface area (Å²) in [6, 6.07) is 12.2. The lowest BCUT2D eigenvalue weighted by molar-refractivity contribution is -0.134. The molecule has 180 valence electrons. The first-order valence-electron chi connectivity index (χ1n) is 11.0. The third-order valence-electron chi connectivity index (χ3n) is 5.18. The molecule has 8 nitrogen and oxygen atoms in total. The second-order valence-corrected chi connectivity index (χ2v) is 8.38. The van der Waals surface area contributed by atoms with Gasteiger partial charge in [0.1, 0.15) is 0 Å². The predicted molar refractivity (Wildman–Crippen MR) is 128 cm³/mol. The van der Waals surface area contributed by atoms with Crippen molar-refractivity contribution >= 4 is 23.3 Å². The van der Waals surface area contributed by atoms with Crippen LogP contribution in [0, 0.1) is 0 Å². The van der Waals surface area contributed by atoms with E-state index in [1.165, 1.54) is 14.0 Å². The Balaban J connectivity index is 1.56. The van der Waals surface area contributed by atoms with Gasteiger partial charge in [-0.3, -0.25) is 9.59 Å². The number of hydrogen-bond donors (Lipinski definition) is 0. The van der Waals surface area contributed by atoms with E-state index in [0.717, 1.165) is 0 Å². The lowest BCUT2D eigenvalue weighted by atomic mass is 10.1. The third-order valence-corrected chi connectivity index (χ3v) is 5.51. The Labute approximate surface area is 203 Å². The summed E-state index contributed by atoms with van der Waals surface area (Å²) in [5.41, 5.74) is 1.19. The molecule has 0 N–H and O–H groups in total. The standard InChI is InChI=1S/C25H28ClN3O5/c1-16(2)29(15-23-27-28-25(34-23)19-8-5-6-9-20(19)26)24(31)10-7-13-33-21-12-11-18(17(3)30)14-22(21)32-4/h5-6,8-9,11-12,14,16H,7,10,13,15H2,1-4H3. The smallest absolute Gasteiger partial charge is 0.249 e. The first-order valence-corrected chi connectivity index (χ1v) is 11.4. The molecule has 3 rings (SSSR count). The normalized spacial score (nSPS) is 10.9. The predicted octanol–water partition coefficient (Wildman–Crippen LogP) is 5.20. The molecular formula is C25H28ClN3O5. The van der Waals surface area contributed by atoms with Crippen LogP contribution in [0.2, 0.25) is 5.02 Å². The molecule has 0 atom stereocenters. The molecule has 0 aliphatic rings. The van der Waals surface area contributed by atoms with Gasteiger partial charge in [-0.1, -0.05) is 23.7 Å². The van der Waals surface area contributed by atoms with Gasteiger partial charge >= 0.3 is 0 Å². The zero-order valence-corrected chi connectivity index (χ0v) is 20.5. The molecule has 0 saturated carbocycles. The van der Waals surface area contributed by atoms with E-state index in [4.69, 9.17) is 25.5 Å². The van der Waals surface area contributed by atoms with Crippen LogP contribution in [-0.2, 0) is 11.3 Å². The molecule has 0 unspecified atom stereocenters. The average molecular weight is 486 g/mol. The maximum absolute atomic E-state index is 12.9. The van der Waals surface area contributed by atoms with Crippen molar-refractivity contribution in [2.24, 2.45) is 0 Å². The fourth-order valence-electron chi connectivity index (χ4n) is 3.32. The molecular weight excluding hydrogens is 458 g/mol. The molecule has 1 aromatic heterocycles. The molecule has 0 aliphatic heterocycles. The van der Waals surface area contributed by atoms with Gasteiger partial charge in [0.2, 0.25) is 17.7 Å². The van der Waals surface area contributed by atoms with Crippen LogP contribution in [0.3, 0.4) is 0 Å². The van der Waals surface area contributed by atoms with Crippen molar-refractivity contribution < 1.29 is 23.5 Å². The summed E-state index contributed by atoms with van der Waals surface area (Å²) in [6.45, 7) is 5.88. The van der Waals surface area contributed by atoms with Crippen molar-refractivity contribution in [3.8, 4) is 23.0 Å². The van der Waals surface area contributed by atoms with Gasteiger partial charge in [0.25, 0.3) is 0 Å². The molecule has 0 aliphatic carbocycles. The van der Waals surface area contributed by atoms with Gasteiger partial charge in [0, 0.05) is 18.0 Å². The minimum atomic E-state index is -0.0525. The quantitative estimate of drug-likeness (QED) is 0.272. The third kappa shape index (κ3) is 6.35. The molecule has 3 aromatic rings. The average Bonchev–Trinajstić information content (AvgIpc) is 3.28. The van der Waals surface area contributed by atoms with Gasteiger partial charge in [-0.2, -0.15) is 0 Å². The highest BCUT2D eigenvalue weighted by Crippen LogP contribution is 2.29. The topological polar surface area (TPSA) is 94.8 Å². The van der Waals surface area contributed by atoms with Gasteiger partial charge in [-0.15, -0.1) is 10.2 Å². The second-order valence-electron chi connectivity index (χ2n) is 7.97. The van der Waals surface area contributed by atoms with Gasteiger partial charge in [-0.05, 0) is 57.5 Å². The van der Waals surface area contributed by atoms with E-state index in [9.17, 15) is 9.59 Å². The number of rotatable bonds is 11. The number of ketones is 1. The summed E-state index contributed by atoms with van der Waals surface area (Å²) in [6.07, 6.45) is 0.798. The van der Waals surface area contributed by atoms with Crippen LogP contribution in [0.15, 0.2) is 46.9 Å². The van der Waals surface area contributed by atoms with Crippen LogP contribution in [0.1, 0.15) is 49.9 Å². The van der Waals surface area contributed by atoms with Crippen molar-refractivity contribution in [2.45, 2.75) is 46.2 Å². The number of carbonyl (C=O) groups excluding carboxylic acids is 2. The van der Waals surface area contributed by atoms with E-state index in [2.05, 4.69) is 10.2 Å². The minimum Gasteiger partial charge on any atom is -0.493 e. The molecule has 0 spiro atoms. The fraction of sp³-hybridized carbons (Fsp3) is 0.360. The van der Waals surface area contributed by atoms with Crippen LogP contribution >= 0.6 is 11.6 Å². The van der Waals surface area contributed by atoms with Crippen molar-refractivity contribution in [1.82, 2.24) is 15.1 Å². The Kier molecular flexibility index (Phi) is 8.65. The Hall–Kier alpha value is -3.39. The maximum Gasteiger partial charge on any atom is 0.249 e. The molecule has 0 bridgehead atoms. The van der Waals surface area contributed by atoms with E-state index in [1.807, 2.05) is 26.0 Å². The van der Waals surface area contributed by atoms with Gasteiger partial charge < -0.3 is 18.8 Å². The molecule has 0 fully saturated rings. The number of amides is 1. The van der Waals surface area contributed by atoms with Gasteiger partial charge in [0.15, 0.2) is 17.3 Å². The summed E-state index contributed by atoms with van der Waals surface area (Å²) >= 11 is 6.20. The molecule has 34 heavy (non-hydrogen) atoms. The lowest BCUT2D eigenvalue weighted by Crippen LogP contribution is -2.36. The second kappa shape index (κ2) is 11.7. The number of methoxy groups -OCH3 is 1. The van der Waals surface area contributed by atoms with E-state index >= 15 is 0 Å². The summed E-state index contributed by atoms with van der Waals surface area (Å²) in [5.74, 6) is 1.56. The Bertz CT molecular complexity index is 1150. The Morgan fingerprint density at radius 3 is 2.56 bits per heavy atom. The number of hydrogen-bond acceptors (Lipinski definition) is 7. The summed E-state index contributed by atoms with van der Waals surface area (Å²) in [4.78, 5) is 26.1. The van der Waals surface area contributed by atoms with E-state index in [-0.39, 0.29) is 30.7 Å².